The Morgan fingerprint density at radius 2 is 1.95 bits per heavy atom. The topological polar surface area (TPSA) is 115 Å². The van der Waals surface area contributed by atoms with E-state index in [4.69, 9.17) is 26.1 Å². The number of morpholine rings is 1. The zero-order chi connectivity index (χ0) is 26.9. The molecule has 1 atom stereocenters. The number of carbonyl (C=O) groups excluding carboxylic acids is 2. The van der Waals surface area contributed by atoms with Gasteiger partial charge in [-0.25, -0.2) is 13.2 Å². The number of hydrogen-bond donors (Lipinski definition) is 1. The molecule has 9 nitrogen and oxygen atoms in total. The summed E-state index contributed by atoms with van der Waals surface area (Å²) < 4.78 is 38.0. The van der Waals surface area contributed by atoms with Gasteiger partial charge in [-0.3, -0.25) is 9.78 Å². The molecule has 11 heteroatoms. The summed E-state index contributed by atoms with van der Waals surface area (Å²) in [7, 11) is -3.78. The lowest BCUT2D eigenvalue weighted by molar-refractivity contribution is -0.119. The van der Waals surface area contributed by atoms with Gasteiger partial charge in [0.25, 0.3) is 5.91 Å². The molecule has 1 N–H and O–H groups in total. The average molecular weight is 558 g/mol. The molecule has 3 aromatic rings. The number of nitrogens with zero attached hydrogens (tertiary/aromatic N) is 2. The van der Waals surface area contributed by atoms with Gasteiger partial charge in [-0.1, -0.05) is 36.7 Å². The number of sulfonamides is 1. The van der Waals surface area contributed by atoms with E-state index in [2.05, 4.69) is 12.2 Å². The molecule has 0 spiro atoms. The maximum Gasteiger partial charge on any atom is 0.339 e. The number of halogens is 1. The SMILES string of the molecule is CC1CCc2nc3ccccc3c(C(=O)OCC(=O)Nc3cc(S(=O)(=O)N4CCOCC4)ccc3Cl)c2C1. The lowest BCUT2D eigenvalue weighted by atomic mass is 9.84. The van der Waals surface area contributed by atoms with Crippen LogP contribution in [0.4, 0.5) is 5.69 Å². The van der Waals surface area contributed by atoms with Gasteiger partial charge in [0, 0.05) is 24.2 Å². The molecule has 200 valence electrons. The number of ether oxygens (including phenoxy) is 2. The first-order chi connectivity index (χ1) is 18.2. The quantitative estimate of drug-likeness (QED) is 0.458. The lowest BCUT2D eigenvalue weighted by Gasteiger charge is -2.26. The number of anilines is 1. The molecule has 1 saturated heterocycles. The molecular formula is C27H28ClN3O6S. The summed E-state index contributed by atoms with van der Waals surface area (Å²) >= 11 is 6.24. The Hall–Kier alpha value is -3.05. The summed E-state index contributed by atoms with van der Waals surface area (Å²) in [5, 5.41) is 3.42. The van der Waals surface area contributed by atoms with E-state index in [9.17, 15) is 18.0 Å². The van der Waals surface area contributed by atoms with Gasteiger partial charge < -0.3 is 14.8 Å². The van der Waals surface area contributed by atoms with Crippen LogP contribution in [0.2, 0.25) is 5.02 Å². The number of benzene rings is 2. The third-order valence-corrected chi connectivity index (χ3v) is 9.09. The second-order valence-corrected chi connectivity index (χ2v) is 11.9. The fourth-order valence-corrected chi connectivity index (χ4v) is 6.48. The van der Waals surface area contributed by atoms with E-state index in [1.54, 1.807) is 0 Å². The van der Waals surface area contributed by atoms with E-state index in [-0.39, 0.29) is 28.7 Å². The molecule has 1 unspecified atom stereocenters. The number of fused-ring (bicyclic) bond motifs is 2. The van der Waals surface area contributed by atoms with E-state index >= 15 is 0 Å². The van der Waals surface area contributed by atoms with Gasteiger partial charge in [0.2, 0.25) is 10.0 Å². The number of amides is 1. The maximum absolute atomic E-state index is 13.3. The second-order valence-electron chi connectivity index (χ2n) is 9.56. The minimum atomic E-state index is -3.78. The van der Waals surface area contributed by atoms with E-state index in [1.807, 2.05) is 24.3 Å². The standard InChI is InChI=1S/C27H28ClN3O6S/c1-17-6-9-23-20(14-17)26(19-4-2-3-5-22(19)29-23)27(33)37-16-25(32)30-24-15-18(7-8-21(24)28)38(34,35)31-10-12-36-13-11-31/h2-5,7-8,15,17H,6,9-14,16H2,1H3,(H,30,32). The molecule has 2 heterocycles. The molecule has 1 amide bonds. The monoisotopic (exact) mass is 557 g/mol. The van der Waals surface area contributed by atoms with Crippen LogP contribution in [0.1, 0.15) is 35.0 Å². The first-order valence-corrected chi connectivity index (χ1v) is 14.3. The smallest absolute Gasteiger partial charge is 0.339 e. The number of hydrogen-bond acceptors (Lipinski definition) is 7. The van der Waals surface area contributed by atoms with Crippen molar-refractivity contribution in [3.63, 3.8) is 0 Å². The normalized spacial score (nSPS) is 18.1. The van der Waals surface area contributed by atoms with Crippen molar-refractivity contribution < 1.29 is 27.5 Å². The number of pyridine rings is 1. The molecule has 1 aliphatic carbocycles. The largest absolute Gasteiger partial charge is 0.452 e. The van der Waals surface area contributed by atoms with Gasteiger partial charge in [-0.2, -0.15) is 4.31 Å². The van der Waals surface area contributed by atoms with Crippen molar-refractivity contribution in [2.45, 2.75) is 31.1 Å². The molecule has 38 heavy (non-hydrogen) atoms. The molecular weight excluding hydrogens is 530 g/mol. The molecule has 1 aliphatic heterocycles. The molecule has 1 fully saturated rings. The van der Waals surface area contributed by atoms with Crippen LogP contribution in [0, 0.1) is 5.92 Å². The van der Waals surface area contributed by atoms with Gasteiger partial charge in [0.05, 0.1) is 39.9 Å². The van der Waals surface area contributed by atoms with Crippen molar-refractivity contribution in [3.05, 3.63) is 64.3 Å². The number of esters is 1. The van der Waals surface area contributed by atoms with Gasteiger partial charge in [-0.15, -0.1) is 0 Å². The zero-order valence-corrected chi connectivity index (χ0v) is 22.5. The van der Waals surface area contributed by atoms with Crippen LogP contribution >= 0.6 is 11.6 Å². The highest BCUT2D eigenvalue weighted by molar-refractivity contribution is 7.89. The second kappa shape index (κ2) is 11.0. The van der Waals surface area contributed by atoms with Crippen molar-refractivity contribution in [3.8, 4) is 0 Å². The minimum Gasteiger partial charge on any atom is -0.452 e. The fourth-order valence-electron chi connectivity index (χ4n) is 4.88. The minimum absolute atomic E-state index is 0.0000906. The number of nitrogens with one attached hydrogen (secondary N) is 1. The highest BCUT2D eigenvalue weighted by Crippen LogP contribution is 2.32. The molecule has 2 aliphatic rings. The Morgan fingerprint density at radius 3 is 2.74 bits per heavy atom. The molecule has 0 bridgehead atoms. The zero-order valence-electron chi connectivity index (χ0n) is 20.9. The van der Waals surface area contributed by atoms with Gasteiger partial charge in [-0.05, 0) is 55.0 Å². The highest BCUT2D eigenvalue weighted by Gasteiger charge is 2.28. The van der Waals surface area contributed by atoms with Crippen LogP contribution in [0.3, 0.4) is 0 Å². The maximum atomic E-state index is 13.3. The van der Waals surface area contributed by atoms with E-state index in [0.717, 1.165) is 24.1 Å². The van der Waals surface area contributed by atoms with E-state index < -0.39 is 28.5 Å². The fraction of sp³-hybridized carbons (Fsp3) is 0.370. The molecule has 0 radical (unpaired) electrons. The van der Waals surface area contributed by atoms with Crippen molar-refractivity contribution >= 4 is 50.1 Å². The molecule has 2 aromatic carbocycles. The summed E-state index contributed by atoms with van der Waals surface area (Å²) in [6.45, 7) is 2.70. The van der Waals surface area contributed by atoms with Crippen LogP contribution in [-0.4, -0.2) is 62.5 Å². The Kier molecular flexibility index (Phi) is 7.67. The number of aryl methyl sites for hydroxylation is 1. The Balaban J connectivity index is 1.32. The van der Waals surface area contributed by atoms with Crippen LogP contribution in [0.5, 0.6) is 0 Å². The van der Waals surface area contributed by atoms with Gasteiger partial charge in [0.1, 0.15) is 0 Å². The Bertz CT molecular complexity index is 1500. The summed E-state index contributed by atoms with van der Waals surface area (Å²) in [5.41, 5.74) is 3.03. The summed E-state index contributed by atoms with van der Waals surface area (Å²) in [6.07, 6.45) is 2.49. The first-order valence-electron chi connectivity index (χ1n) is 12.5. The van der Waals surface area contributed by atoms with Crippen molar-refractivity contribution in [2.24, 2.45) is 5.92 Å². The number of carbonyl (C=O) groups is 2. The van der Waals surface area contributed by atoms with Gasteiger partial charge in [0.15, 0.2) is 6.61 Å². The third kappa shape index (κ3) is 5.40. The molecule has 5 rings (SSSR count). The number of aromatic nitrogens is 1. The number of para-hydroxylation sites is 1. The molecule has 0 saturated carbocycles. The van der Waals surface area contributed by atoms with Crippen molar-refractivity contribution in [1.29, 1.82) is 0 Å². The van der Waals surface area contributed by atoms with Crippen molar-refractivity contribution in [2.75, 3.05) is 38.2 Å². The predicted molar refractivity (Wildman–Crippen MR) is 143 cm³/mol. The van der Waals surface area contributed by atoms with E-state index in [1.165, 1.54) is 22.5 Å². The highest BCUT2D eigenvalue weighted by atomic mass is 35.5. The summed E-state index contributed by atoms with van der Waals surface area (Å²) in [6, 6.07) is 11.5. The Labute approximate surface area is 226 Å². The summed E-state index contributed by atoms with van der Waals surface area (Å²) in [5.74, 6) is -0.830. The number of rotatable bonds is 6. The van der Waals surface area contributed by atoms with Crippen LogP contribution in [0.15, 0.2) is 47.4 Å². The Morgan fingerprint density at radius 1 is 1.18 bits per heavy atom. The molecule has 1 aromatic heterocycles. The first kappa shape index (κ1) is 26.6. The third-order valence-electron chi connectivity index (χ3n) is 6.86. The van der Waals surface area contributed by atoms with Crippen LogP contribution in [0.25, 0.3) is 10.9 Å². The van der Waals surface area contributed by atoms with Crippen LogP contribution in [-0.2, 0) is 37.1 Å². The van der Waals surface area contributed by atoms with Gasteiger partial charge >= 0.3 is 5.97 Å². The predicted octanol–water partition coefficient (Wildman–Crippen LogP) is 3.83. The van der Waals surface area contributed by atoms with Crippen LogP contribution < -0.4 is 5.32 Å². The van der Waals surface area contributed by atoms with Crippen molar-refractivity contribution in [1.82, 2.24) is 9.29 Å². The van der Waals surface area contributed by atoms with E-state index in [0.29, 0.717) is 42.0 Å². The summed E-state index contributed by atoms with van der Waals surface area (Å²) in [4.78, 5) is 30.8. The lowest BCUT2D eigenvalue weighted by Crippen LogP contribution is -2.40. The average Bonchev–Trinajstić information content (AvgIpc) is 2.92.